The van der Waals surface area contributed by atoms with E-state index in [2.05, 4.69) is 22.3 Å². The number of hydrogen-bond acceptors (Lipinski definition) is 4. The van der Waals surface area contributed by atoms with Crippen molar-refractivity contribution in [3.63, 3.8) is 0 Å². The van der Waals surface area contributed by atoms with E-state index in [1.807, 2.05) is 61.5 Å². The third kappa shape index (κ3) is 5.55. The number of nitrogens with zero attached hydrogens (tertiary/aromatic N) is 2. The number of rotatable bonds is 6. The SMILES string of the molecule is CN(C)c1ccc(NC(=O)CN2CCC(O)(Cc3ccccc3)CC2)cc1. The van der Waals surface area contributed by atoms with Crippen molar-refractivity contribution in [1.29, 1.82) is 0 Å². The lowest BCUT2D eigenvalue weighted by atomic mass is 9.85. The van der Waals surface area contributed by atoms with Gasteiger partial charge < -0.3 is 15.3 Å². The zero-order valence-electron chi connectivity index (χ0n) is 16.2. The van der Waals surface area contributed by atoms with Crippen LogP contribution in [0.2, 0.25) is 0 Å². The molecule has 5 heteroatoms. The molecule has 0 spiro atoms. The van der Waals surface area contributed by atoms with E-state index in [1.54, 1.807) is 0 Å². The lowest BCUT2D eigenvalue weighted by Crippen LogP contribution is -2.47. The molecule has 5 nitrogen and oxygen atoms in total. The summed E-state index contributed by atoms with van der Waals surface area (Å²) in [6.07, 6.45) is 2.05. The van der Waals surface area contributed by atoms with Gasteiger partial charge in [-0.2, -0.15) is 0 Å². The third-order valence-corrected chi connectivity index (χ3v) is 5.20. The summed E-state index contributed by atoms with van der Waals surface area (Å²) >= 11 is 0. The first kappa shape index (κ1) is 19.4. The van der Waals surface area contributed by atoms with Crippen LogP contribution in [-0.4, -0.2) is 55.2 Å². The Bertz CT molecular complexity index is 736. The van der Waals surface area contributed by atoms with Crippen LogP contribution in [-0.2, 0) is 11.2 Å². The average Bonchev–Trinajstić information content (AvgIpc) is 2.65. The van der Waals surface area contributed by atoms with Gasteiger partial charge in [-0.05, 0) is 42.7 Å². The average molecular weight is 367 g/mol. The second-order valence-electron chi connectivity index (χ2n) is 7.65. The zero-order valence-corrected chi connectivity index (χ0v) is 16.2. The number of carbonyl (C=O) groups excluding carboxylic acids is 1. The van der Waals surface area contributed by atoms with Crippen molar-refractivity contribution in [2.45, 2.75) is 24.9 Å². The lowest BCUT2D eigenvalue weighted by molar-refractivity contribution is -0.118. The summed E-state index contributed by atoms with van der Waals surface area (Å²) in [6, 6.07) is 17.9. The maximum absolute atomic E-state index is 12.3. The molecule has 0 bridgehead atoms. The van der Waals surface area contributed by atoms with Crippen molar-refractivity contribution in [2.75, 3.05) is 43.9 Å². The summed E-state index contributed by atoms with van der Waals surface area (Å²) in [5.41, 5.74) is 2.40. The van der Waals surface area contributed by atoms with E-state index < -0.39 is 5.60 Å². The van der Waals surface area contributed by atoms with Gasteiger partial charge in [-0.1, -0.05) is 30.3 Å². The Morgan fingerprint density at radius 2 is 1.70 bits per heavy atom. The third-order valence-electron chi connectivity index (χ3n) is 5.20. The van der Waals surface area contributed by atoms with Gasteiger partial charge in [0.15, 0.2) is 0 Å². The smallest absolute Gasteiger partial charge is 0.238 e. The van der Waals surface area contributed by atoms with Gasteiger partial charge in [0.25, 0.3) is 0 Å². The normalized spacial score (nSPS) is 16.7. The van der Waals surface area contributed by atoms with Crippen LogP contribution in [0.25, 0.3) is 0 Å². The van der Waals surface area contributed by atoms with Crippen LogP contribution in [0.1, 0.15) is 18.4 Å². The first-order chi connectivity index (χ1) is 12.9. The van der Waals surface area contributed by atoms with E-state index in [4.69, 9.17) is 0 Å². The summed E-state index contributed by atoms with van der Waals surface area (Å²) < 4.78 is 0. The van der Waals surface area contributed by atoms with E-state index in [1.165, 1.54) is 0 Å². The van der Waals surface area contributed by atoms with Crippen molar-refractivity contribution in [1.82, 2.24) is 4.90 Å². The van der Waals surface area contributed by atoms with Crippen molar-refractivity contribution in [3.05, 3.63) is 60.2 Å². The second-order valence-corrected chi connectivity index (χ2v) is 7.65. The molecule has 3 rings (SSSR count). The topological polar surface area (TPSA) is 55.8 Å². The summed E-state index contributed by atoms with van der Waals surface area (Å²) in [4.78, 5) is 16.5. The number of anilines is 2. The highest BCUT2D eigenvalue weighted by atomic mass is 16.3. The molecule has 27 heavy (non-hydrogen) atoms. The van der Waals surface area contributed by atoms with Crippen LogP contribution in [0, 0.1) is 0 Å². The molecule has 0 aromatic heterocycles. The van der Waals surface area contributed by atoms with Crippen LogP contribution >= 0.6 is 0 Å². The summed E-state index contributed by atoms with van der Waals surface area (Å²) in [5, 5.41) is 13.8. The molecule has 1 aliphatic rings. The molecular formula is C22H29N3O2. The first-order valence-electron chi connectivity index (χ1n) is 9.49. The van der Waals surface area contributed by atoms with Crippen molar-refractivity contribution >= 4 is 17.3 Å². The maximum atomic E-state index is 12.3. The largest absolute Gasteiger partial charge is 0.389 e. The molecule has 1 heterocycles. The highest BCUT2D eigenvalue weighted by Crippen LogP contribution is 2.26. The second kappa shape index (κ2) is 8.55. The molecule has 0 saturated carbocycles. The van der Waals surface area contributed by atoms with Gasteiger partial charge in [0, 0.05) is 45.0 Å². The molecule has 144 valence electrons. The maximum Gasteiger partial charge on any atom is 0.238 e. The van der Waals surface area contributed by atoms with Crippen LogP contribution in [0.5, 0.6) is 0 Å². The Kier molecular flexibility index (Phi) is 6.14. The number of likely N-dealkylation sites (tertiary alicyclic amines) is 1. The van der Waals surface area contributed by atoms with Crippen LogP contribution in [0.15, 0.2) is 54.6 Å². The van der Waals surface area contributed by atoms with Crippen molar-refractivity contribution < 1.29 is 9.90 Å². The van der Waals surface area contributed by atoms with Crippen LogP contribution in [0.3, 0.4) is 0 Å². The number of carbonyl (C=O) groups is 1. The molecule has 0 atom stereocenters. The first-order valence-corrected chi connectivity index (χ1v) is 9.49. The quantitative estimate of drug-likeness (QED) is 0.824. The molecule has 0 aliphatic carbocycles. The molecule has 0 radical (unpaired) electrons. The van der Waals surface area contributed by atoms with Crippen LogP contribution in [0.4, 0.5) is 11.4 Å². The Balaban J connectivity index is 1.46. The minimum Gasteiger partial charge on any atom is -0.389 e. The minimum atomic E-state index is -0.670. The number of hydrogen-bond donors (Lipinski definition) is 2. The molecule has 1 aliphatic heterocycles. The molecular weight excluding hydrogens is 338 g/mol. The highest BCUT2D eigenvalue weighted by molar-refractivity contribution is 5.92. The summed E-state index contributed by atoms with van der Waals surface area (Å²) in [7, 11) is 3.98. The summed E-state index contributed by atoms with van der Waals surface area (Å²) in [6.45, 7) is 1.82. The molecule has 1 saturated heterocycles. The standard InChI is InChI=1S/C22H29N3O2/c1-24(2)20-10-8-19(9-11-20)23-21(26)17-25-14-12-22(27,13-15-25)16-18-6-4-3-5-7-18/h3-11,27H,12-17H2,1-2H3,(H,23,26). The number of nitrogens with one attached hydrogen (secondary N) is 1. The predicted octanol–water partition coefficient (Wildman–Crippen LogP) is 2.76. The van der Waals surface area contributed by atoms with E-state index in [-0.39, 0.29) is 5.91 Å². The van der Waals surface area contributed by atoms with Gasteiger partial charge in [-0.25, -0.2) is 0 Å². The molecule has 2 N–H and O–H groups in total. The van der Waals surface area contributed by atoms with Gasteiger partial charge in [-0.15, -0.1) is 0 Å². The Morgan fingerprint density at radius 1 is 1.07 bits per heavy atom. The van der Waals surface area contributed by atoms with Crippen LogP contribution < -0.4 is 10.2 Å². The van der Waals surface area contributed by atoms with Gasteiger partial charge in [0.05, 0.1) is 12.1 Å². The Hall–Kier alpha value is -2.37. The number of piperidine rings is 1. The minimum absolute atomic E-state index is 0.0129. The molecule has 2 aromatic rings. The molecule has 2 aromatic carbocycles. The molecule has 1 amide bonds. The Morgan fingerprint density at radius 3 is 2.30 bits per heavy atom. The predicted molar refractivity (Wildman–Crippen MR) is 110 cm³/mol. The fourth-order valence-electron chi connectivity index (χ4n) is 3.53. The monoisotopic (exact) mass is 367 g/mol. The van der Waals surface area contributed by atoms with Gasteiger partial charge in [0.1, 0.15) is 0 Å². The van der Waals surface area contributed by atoms with E-state index in [0.717, 1.165) is 30.0 Å². The molecule has 1 fully saturated rings. The van der Waals surface area contributed by atoms with Crippen molar-refractivity contribution in [3.8, 4) is 0 Å². The van der Waals surface area contributed by atoms with Gasteiger partial charge >= 0.3 is 0 Å². The zero-order chi connectivity index (χ0) is 19.3. The van der Waals surface area contributed by atoms with Crippen molar-refractivity contribution in [2.24, 2.45) is 0 Å². The number of aliphatic hydroxyl groups is 1. The fraction of sp³-hybridized carbons (Fsp3) is 0.409. The van der Waals surface area contributed by atoms with Gasteiger partial charge in [-0.3, -0.25) is 9.69 Å². The molecule has 0 unspecified atom stereocenters. The van der Waals surface area contributed by atoms with E-state index in [0.29, 0.717) is 25.8 Å². The fourth-order valence-corrected chi connectivity index (χ4v) is 3.53. The Labute approximate surface area is 161 Å². The highest BCUT2D eigenvalue weighted by Gasteiger charge is 2.32. The number of benzene rings is 2. The lowest BCUT2D eigenvalue weighted by Gasteiger charge is -2.38. The van der Waals surface area contributed by atoms with E-state index >= 15 is 0 Å². The summed E-state index contributed by atoms with van der Waals surface area (Å²) in [5.74, 6) is -0.0129. The van der Waals surface area contributed by atoms with Gasteiger partial charge in [0.2, 0.25) is 5.91 Å². The van der Waals surface area contributed by atoms with E-state index in [9.17, 15) is 9.90 Å². The number of amides is 1.